The normalized spacial score (nSPS) is 10.6. The van der Waals surface area contributed by atoms with Crippen molar-refractivity contribution in [1.29, 1.82) is 0 Å². The van der Waals surface area contributed by atoms with Gasteiger partial charge in [0.25, 0.3) is 5.91 Å². The second-order valence-electron chi connectivity index (χ2n) is 5.87. The van der Waals surface area contributed by atoms with Crippen LogP contribution >= 0.6 is 0 Å². The molecule has 0 radical (unpaired) electrons. The number of nitrogens with zero attached hydrogens (tertiary/aromatic N) is 3. The first-order chi connectivity index (χ1) is 13.6. The largest absolute Gasteiger partial charge is 0.337 e. The lowest BCUT2D eigenvalue weighted by Crippen LogP contribution is -2.15. The summed E-state index contributed by atoms with van der Waals surface area (Å²) in [5.74, 6) is -1.84. The second-order valence-corrected chi connectivity index (χ2v) is 5.87. The van der Waals surface area contributed by atoms with Crippen LogP contribution < -0.4 is 10.6 Å². The molecular weight excluding hydrogens is 364 g/mol. The van der Waals surface area contributed by atoms with Gasteiger partial charge in [-0.25, -0.2) is 18.7 Å². The van der Waals surface area contributed by atoms with E-state index in [1.807, 2.05) is 30.3 Å². The summed E-state index contributed by atoms with van der Waals surface area (Å²) in [6.45, 7) is 0. The van der Waals surface area contributed by atoms with E-state index in [9.17, 15) is 13.6 Å². The zero-order valence-electron chi connectivity index (χ0n) is 14.4. The van der Waals surface area contributed by atoms with Gasteiger partial charge in [-0.2, -0.15) is 0 Å². The minimum Gasteiger partial charge on any atom is -0.337 e. The number of para-hydroxylation sites is 1. The molecule has 2 aromatic heterocycles. The summed E-state index contributed by atoms with van der Waals surface area (Å²) in [5, 5.41) is 6.41. The van der Waals surface area contributed by atoms with E-state index >= 15 is 0 Å². The minimum absolute atomic E-state index is 0.00896. The van der Waals surface area contributed by atoms with E-state index in [4.69, 9.17) is 0 Å². The quantitative estimate of drug-likeness (QED) is 0.554. The van der Waals surface area contributed by atoms with Crippen molar-refractivity contribution in [2.75, 3.05) is 10.6 Å². The summed E-state index contributed by atoms with van der Waals surface area (Å²) < 4.78 is 26.6. The molecular formula is C20H13F2N5O. The van der Waals surface area contributed by atoms with Crippen molar-refractivity contribution in [2.45, 2.75) is 0 Å². The molecule has 8 heteroatoms. The van der Waals surface area contributed by atoms with Crippen molar-refractivity contribution in [2.24, 2.45) is 0 Å². The van der Waals surface area contributed by atoms with Crippen LogP contribution in [-0.4, -0.2) is 20.9 Å². The molecule has 0 aliphatic rings. The standard InChI is InChI=1S/C20H13F2N5O/c21-13-6-7-15(14(22)9-13)27-20(28)17-10-25-18(11-24-17)26-16-5-1-3-12-4-2-8-23-19(12)16/h1-11H,(H,25,26)(H,27,28). The number of anilines is 3. The van der Waals surface area contributed by atoms with Crippen molar-refractivity contribution in [3.8, 4) is 0 Å². The number of halogens is 2. The van der Waals surface area contributed by atoms with Gasteiger partial charge in [0, 0.05) is 17.6 Å². The lowest BCUT2D eigenvalue weighted by molar-refractivity contribution is 0.102. The molecule has 0 spiro atoms. The zero-order chi connectivity index (χ0) is 19.5. The monoisotopic (exact) mass is 377 g/mol. The zero-order valence-corrected chi connectivity index (χ0v) is 14.4. The molecule has 2 heterocycles. The molecule has 0 bridgehead atoms. The number of carbonyl (C=O) groups is 1. The highest BCUT2D eigenvalue weighted by atomic mass is 19.1. The Morgan fingerprint density at radius 3 is 2.54 bits per heavy atom. The van der Waals surface area contributed by atoms with Crippen LogP contribution in [0, 0.1) is 11.6 Å². The van der Waals surface area contributed by atoms with Gasteiger partial charge in [0.15, 0.2) is 0 Å². The number of carbonyl (C=O) groups excluding carboxylic acids is 1. The molecule has 0 saturated heterocycles. The van der Waals surface area contributed by atoms with Gasteiger partial charge in [0.1, 0.15) is 23.1 Å². The fourth-order valence-electron chi connectivity index (χ4n) is 2.63. The van der Waals surface area contributed by atoms with Crippen LogP contribution in [0.3, 0.4) is 0 Å². The maximum absolute atomic E-state index is 13.7. The first-order valence-corrected chi connectivity index (χ1v) is 8.29. The molecule has 2 aromatic carbocycles. The van der Waals surface area contributed by atoms with Gasteiger partial charge in [-0.15, -0.1) is 0 Å². The van der Waals surface area contributed by atoms with E-state index < -0.39 is 17.5 Å². The Morgan fingerprint density at radius 1 is 0.893 bits per heavy atom. The average Bonchev–Trinajstić information content (AvgIpc) is 2.71. The predicted octanol–water partition coefficient (Wildman–Crippen LogP) is 4.30. The second kappa shape index (κ2) is 7.36. The summed E-state index contributed by atoms with van der Waals surface area (Å²) in [6.07, 6.45) is 4.34. The SMILES string of the molecule is O=C(Nc1ccc(F)cc1F)c1cnc(Nc2cccc3cccnc23)cn1. The number of nitrogens with one attached hydrogen (secondary N) is 2. The van der Waals surface area contributed by atoms with Gasteiger partial charge in [-0.05, 0) is 24.3 Å². The average molecular weight is 377 g/mol. The molecule has 6 nitrogen and oxygen atoms in total. The molecule has 138 valence electrons. The topological polar surface area (TPSA) is 79.8 Å². The summed E-state index contributed by atoms with van der Waals surface area (Å²) >= 11 is 0. The number of hydrogen-bond donors (Lipinski definition) is 2. The highest BCUT2D eigenvalue weighted by Crippen LogP contribution is 2.23. The van der Waals surface area contributed by atoms with Gasteiger partial charge >= 0.3 is 0 Å². The van der Waals surface area contributed by atoms with Crippen LogP contribution in [0.4, 0.5) is 26.0 Å². The molecule has 0 aliphatic heterocycles. The van der Waals surface area contributed by atoms with Crippen molar-refractivity contribution < 1.29 is 13.6 Å². The third-order valence-electron chi connectivity index (χ3n) is 3.96. The van der Waals surface area contributed by atoms with Crippen LogP contribution in [-0.2, 0) is 0 Å². The molecule has 1 amide bonds. The number of fused-ring (bicyclic) bond motifs is 1. The number of rotatable bonds is 4. The van der Waals surface area contributed by atoms with E-state index in [-0.39, 0.29) is 11.4 Å². The van der Waals surface area contributed by atoms with Crippen LogP contribution in [0.2, 0.25) is 0 Å². The minimum atomic E-state index is -0.872. The molecule has 4 aromatic rings. The Hall–Kier alpha value is -3.94. The van der Waals surface area contributed by atoms with Crippen molar-refractivity contribution in [1.82, 2.24) is 15.0 Å². The van der Waals surface area contributed by atoms with Crippen molar-refractivity contribution >= 4 is 34.0 Å². The molecule has 0 unspecified atom stereocenters. The summed E-state index contributed by atoms with van der Waals surface area (Å²) in [7, 11) is 0. The van der Waals surface area contributed by atoms with Crippen molar-refractivity contribution in [3.63, 3.8) is 0 Å². The van der Waals surface area contributed by atoms with Gasteiger partial charge in [-0.1, -0.05) is 18.2 Å². The maximum Gasteiger partial charge on any atom is 0.275 e. The van der Waals surface area contributed by atoms with Crippen LogP contribution in [0.1, 0.15) is 10.5 Å². The molecule has 0 aliphatic carbocycles. The highest BCUT2D eigenvalue weighted by molar-refractivity contribution is 6.02. The maximum atomic E-state index is 13.7. The lowest BCUT2D eigenvalue weighted by atomic mass is 10.2. The fraction of sp³-hybridized carbons (Fsp3) is 0. The van der Waals surface area contributed by atoms with E-state index in [1.165, 1.54) is 12.4 Å². The summed E-state index contributed by atoms with van der Waals surface area (Å²) in [5.41, 5.74) is 1.38. The van der Waals surface area contributed by atoms with E-state index in [0.717, 1.165) is 28.7 Å². The van der Waals surface area contributed by atoms with E-state index in [0.29, 0.717) is 11.9 Å². The molecule has 0 fully saturated rings. The summed E-state index contributed by atoms with van der Waals surface area (Å²) in [6, 6.07) is 12.4. The van der Waals surface area contributed by atoms with Crippen LogP contribution in [0.25, 0.3) is 10.9 Å². The number of pyridine rings is 1. The molecule has 0 atom stereocenters. The first kappa shape index (κ1) is 17.5. The van der Waals surface area contributed by atoms with Gasteiger partial charge < -0.3 is 10.6 Å². The third kappa shape index (κ3) is 3.61. The third-order valence-corrected chi connectivity index (χ3v) is 3.96. The van der Waals surface area contributed by atoms with Crippen LogP contribution in [0.5, 0.6) is 0 Å². The number of hydrogen-bond acceptors (Lipinski definition) is 5. The van der Waals surface area contributed by atoms with E-state index in [2.05, 4.69) is 25.6 Å². The number of aromatic nitrogens is 3. The first-order valence-electron chi connectivity index (χ1n) is 8.29. The highest BCUT2D eigenvalue weighted by Gasteiger charge is 2.12. The lowest BCUT2D eigenvalue weighted by Gasteiger charge is -2.09. The van der Waals surface area contributed by atoms with Crippen molar-refractivity contribution in [3.05, 3.63) is 84.4 Å². The number of benzene rings is 2. The predicted molar refractivity (Wildman–Crippen MR) is 101 cm³/mol. The Bertz CT molecular complexity index is 1160. The van der Waals surface area contributed by atoms with Gasteiger partial charge in [0.05, 0.1) is 29.3 Å². The summed E-state index contributed by atoms with van der Waals surface area (Å²) in [4.78, 5) is 24.7. The Labute approximate surface area is 158 Å². The van der Waals surface area contributed by atoms with Gasteiger partial charge in [-0.3, -0.25) is 9.78 Å². The molecule has 2 N–H and O–H groups in total. The fourth-order valence-corrected chi connectivity index (χ4v) is 2.63. The van der Waals surface area contributed by atoms with Crippen LogP contribution in [0.15, 0.2) is 67.1 Å². The van der Waals surface area contributed by atoms with E-state index in [1.54, 1.807) is 6.20 Å². The Balaban J connectivity index is 1.51. The molecule has 0 saturated carbocycles. The number of amides is 1. The Morgan fingerprint density at radius 2 is 1.75 bits per heavy atom. The molecule has 28 heavy (non-hydrogen) atoms. The Kier molecular flexibility index (Phi) is 4.59. The smallest absolute Gasteiger partial charge is 0.275 e. The molecule has 4 rings (SSSR count). The van der Waals surface area contributed by atoms with Gasteiger partial charge in [0.2, 0.25) is 0 Å².